The van der Waals surface area contributed by atoms with E-state index in [-0.39, 0.29) is 0 Å². The number of benzene rings is 1. The zero-order valence-electron chi connectivity index (χ0n) is 17.4. The first-order valence-corrected chi connectivity index (χ1v) is 10.2. The van der Waals surface area contributed by atoms with Gasteiger partial charge in [0.25, 0.3) is 0 Å². The molecule has 32 heavy (non-hydrogen) atoms. The summed E-state index contributed by atoms with van der Waals surface area (Å²) in [5.74, 6) is 0.573. The minimum atomic E-state index is 0.573. The van der Waals surface area contributed by atoms with Crippen molar-refractivity contribution < 1.29 is 0 Å². The van der Waals surface area contributed by atoms with Crippen LogP contribution < -0.4 is 5.73 Å². The molecule has 0 aliphatic rings. The molecule has 5 aromatic rings. The van der Waals surface area contributed by atoms with E-state index < -0.39 is 0 Å². The van der Waals surface area contributed by atoms with Crippen LogP contribution in [0.3, 0.4) is 0 Å². The van der Waals surface area contributed by atoms with E-state index in [4.69, 9.17) is 5.73 Å². The molecule has 0 spiro atoms. The zero-order chi connectivity index (χ0) is 21.9. The van der Waals surface area contributed by atoms with E-state index in [1.54, 1.807) is 18.6 Å². The first-order chi connectivity index (χ1) is 15.7. The third-order valence-electron chi connectivity index (χ3n) is 5.28. The first kappa shape index (κ1) is 19.4. The second kappa shape index (κ2) is 8.31. The van der Waals surface area contributed by atoms with Gasteiger partial charge >= 0.3 is 0 Å². The molecular weight excluding hydrogens is 398 g/mol. The van der Waals surface area contributed by atoms with Gasteiger partial charge in [-0.3, -0.25) is 10.1 Å². The van der Waals surface area contributed by atoms with Crippen LogP contribution in [0.15, 0.2) is 85.7 Å². The van der Waals surface area contributed by atoms with Crippen molar-refractivity contribution in [3.05, 3.63) is 96.9 Å². The Kier molecular flexibility index (Phi) is 5.05. The monoisotopic (exact) mass is 419 g/mol. The van der Waals surface area contributed by atoms with Crippen molar-refractivity contribution in [2.24, 2.45) is 0 Å². The van der Waals surface area contributed by atoms with Crippen LogP contribution in [0.5, 0.6) is 0 Å². The predicted octanol–water partition coefficient (Wildman–Crippen LogP) is 5.00. The van der Waals surface area contributed by atoms with Gasteiger partial charge in [0.2, 0.25) is 0 Å². The van der Waals surface area contributed by atoms with Crippen molar-refractivity contribution in [1.82, 2.24) is 30.1 Å². The number of allylic oxidation sites excluding steroid dienone is 3. The van der Waals surface area contributed by atoms with Gasteiger partial charge < -0.3 is 10.7 Å². The Labute approximate surface area is 184 Å². The van der Waals surface area contributed by atoms with E-state index in [9.17, 15) is 0 Å². The molecule has 0 saturated heterocycles. The second-order valence-electron chi connectivity index (χ2n) is 7.32. The van der Waals surface area contributed by atoms with Crippen LogP contribution in [0.1, 0.15) is 18.1 Å². The molecule has 0 radical (unpaired) electrons. The molecule has 0 unspecified atom stereocenters. The Bertz CT molecular complexity index is 1430. The lowest BCUT2D eigenvalue weighted by Crippen LogP contribution is -1.93. The molecule has 4 heterocycles. The molecule has 0 aliphatic heterocycles. The van der Waals surface area contributed by atoms with Crippen LogP contribution in [-0.2, 0) is 0 Å². The van der Waals surface area contributed by atoms with Crippen molar-refractivity contribution in [3.63, 3.8) is 0 Å². The highest BCUT2D eigenvalue weighted by molar-refractivity contribution is 5.97. The van der Waals surface area contributed by atoms with Crippen molar-refractivity contribution >= 4 is 22.3 Å². The van der Waals surface area contributed by atoms with Gasteiger partial charge in [0.05, 0.1) is 11.2 Å². The van der Waals surface area contributed by atoms with Crippen molar-refractivity contribution in [2.45, 2.75) is 6.92 Å². The van der Waals surface area contributed by atoms with Crippen LogP contribution in [0.2, 0.25) is 0 Å². The number of pyridine rings is 1. The summed E-state index contributed by atoms with van der Waals surface area (Å²) in [6, 6.07) is 12.1. The van der Waals surface area contributed by atoms with Gasteiger partial charge in [0.15, 0.2) is 0 Å². The molecule has 5 rings (SSSR count). The van der Waals surface area contributed by atoms with Gasteiger partial charge in [-0.05, 0) is 42.3 Å². The molecular formula is C25H21N7. The highest BCUT2D eigenvalue weighted by atomic mass is 15.1. The molecule has 156 valence electrons. The van der Waals surface area contributed by atoms with Gasteiger partial charge in [0, 0.05) is 46.9 Å². The number of hydrogen-bond donors (Lipinski definition) is 3. The molecule has 0 fully saturated rings. The third-order valence-corrected chi connectivity index (χ3v) is 5.28. The molecule has 0 aliphatic carbocycles. The zero-order valence-corrected chi connectivity index (χ0v) is 17.4. The molecule has 0 bridgehead atoms. The smallest absolute Gasteiger partial charge is 0.116 e. The molecule has 0 saturated carbocycles. The number of anilines is 1. The summed E-state index contributed by atoms with van der Waals surface area (Å²) in [5, 5.41) is 8.66. The van der Waals surface area contributed by atoms with Crippen LogP contribution in [-0.4, -0.2) is 30.1 Å². The van der Waals surface area contributed by atoms with Crippen LogP contribution in [0.25, 0.3) is 39.0 Å². The lowest BCUT2D eigenvalue weighted by atomic mass is 9.99. The molecule has 7 heteroatoms. The quantitative estimate of drug-likeness (QED) is 0.347. The number of nitrogen functional groups attached to an aromatic ring is 1. The fourth-order valence-corrected chi connectivity index (χ4v) is 3.72. The van der Waals surface area contributed by atoms with Gasteiger partial charge in [-0.1, -0.05) is 30.4 Å². The number of nitrogens with one attached hydrogen (secondary N) is 2. The molecule has 7 nitrogen and oxygen atoms in total. The van der Waals surface area contributed by atoms with Gasteiger partial charge in [0.1, 0.15) is 17.8 Å². The van der Waals surface area contributed by atoms with Crippen molar-refractivity contribution in [1.29, 1.82) is 0 Å². The van der Waals surface area contributed by atoms with Crippen LogP contribution in [0, 0.1) is 0 Å². The van der Waals surface area contributed by atoms with E-state index in [1.165, 1.54) is 6.33 Å². The average Bonchev–Trinajstić information content (AvgIpc) is 3.43. The molecule has 0 amide bonds. The van der Waals surface area contributed by atoms with E-state index in [0.717, 1.165) is 50.1 Å². The maximum atomic E-state index is 6.43. The average molecular weight is 419 g/mol. The summed E-state index contributed by atoms with van der Waals surface area (Å²) in [6.07, 6.45) is 14.7. The first-order valence-electron chi connectivity index (χ1n) is 10.2. The van der Waals surface area contributed by atoms with Gasteiger partial charge in [-0.25, -0.2) is 9.97 Å². The summed E-state index contributed by atoms with van der Waals surface area (Å²) < 4.78 is 0. The van der Waals surface area contributed by atoms with E-state index >= 15 is 0 Å². The normalized spacial score (nSPS) is 12.1. The fourth-order valence-electron chi connectivity index (χ4n) is 3.72. The Balaban J connectivity index is 1.62. The summed E-state index contributed by atoms with van der Waals surface area (Å²) in [4.78, 5) is 15.8. The van der Waals surface area contributed by atoms with Crippen molar-refractivity contribution in [3.8, 4) is 22.5 Å². The van der Waals surface area contributed by atoms with Crippen LogP contribution >= 0.6 is 0 Å². The Hall–Kier alpha value is -4.52. The number of aromatic nitrogens is 6. The lowest BCUT2D eigenvalue weighted by molar-refractivity contribution is 1.12. The molecule has 0 atom stereocenters. The number of rotatable bonds is 5. The predicted molar refractivity (Wildman–Crippen MR) is 127 cm³/mol. The number of H-pyrrole nitrogens is 2. The second-order valence-corrected chi connectivity index (χ2v) is 7.32. The number of nitrogens with two attached hydrogens (primary N) is 1. The number of fused-ring (bicyclic) bond motifs is 1. The summed E-state index contributed by atoms with van der Waals surface area (Å²) >= 11 is 0. The van der Waals surface area contributed by atoms with E-state index in [0.29, 0.717) is 5.82 Å². The third kappa shape index (κ3) is 3.56. The molecule has 4 N–H and O–H groups in total. The summed E-state index contributed by atoms with van der Waals surface area (Å²) in [6.45, 7) is 1.98. The Morgan fingerprint density at radius 3 is 2.66 bits per heavy atom. The Morgan fingerprint density at radius 2 is 1.88 bits per heavy atom. The highest BCUT2D eigenvalue weighted by Crippen LogP contribution is 2.35. The van der Waals surface area contributed by atoms with Crippen LogP contribution in [0.4, 0.5) is 5.82 Å². The summed E-state index contributed by atoms with van der Waals surface area (Å²) in [7, 11) is 0. The maximum Gasteiger partial charge on any atom is 0.116 e. The highest BCUT2D eigenvalue weighted by Gasteiger charge is 2.17. The molecule has 1 aromatic carbocycles. The number of hydrogen-bond acceptors (Lipinski definition) is 5. The Morgan fingerprint density at radius 1 is 1.00 bits per heavy atom. The maximum absolute atomic E-state index is 6.43. The largest absolute Gasteiger partial charge is 0.385 e. The lowest BCUT2D eigenvalue weighted by Gasteiger charge is -2.06. The fraction of sp³-hybridized carbons (Fsp3) is 0.0400. The topological polar surface area (TPSA) is 109 Å². The summed E-state index contributed by atoms with van der Waals surface area (Å²) in [5.41, 5.74) is 13.8. The van der Waals surface area contributed by atoms with Gasteiger partial charge in [-0.2, -0.15) is 5.10 Å². The van der Waals surface area contributed by atoms with E-state index in [2.05, 4.69) is 36.2 Å². The number of aromatic amines is 2. The standard InChI is InChI=1S/C25H21N7/c1-2-3-6-19(17-5-4-9-27-12-17)20-11-23(30-25(20)26)24-21-10-16(7-8-22(21)31-32-24)18-13-28-15-29-14-18/h2-15,30H,26H2,1H3,(H,31,32)/b3-2?,19-6-. The van der Waals surface area contributed by atoms with E-state index in [1.807, 2.05) is 61.7 Å². The molecule has 4 aromatic heterocycles. The van der Waals surface area contributed by atoms with Crippen molar-refractivity contribution in [2.75, 3.05) is 5.73 Å². The van der Waals surface area contributed by atoms with Gasteiger partial charge in [-0.15, -0.1) is 0 Å². The number of nitrogens with zero attached hydrogens (tertiary/aromatic N) is 4. The minimum absolute atomic E-state index is 0.573. The SMILES string of the molecule is CC=C/C=C(/c1cccnc1)c1cc(-c2n[nH]c3ccc(-c4cncnc4)cc23)[nH]c1N. The minimum Gasteiger partial charge on any atom is -0.385 e.